The van der Waals surface area contributed by atoms with E-state index in [0.29, 0.717) is 17.1 Å². The molecule has 0 bridgehead atoms. The van der Waals surface area contributed by atoms with E-state index in [-0.39, 0.29) is 5.91 Å². The third kappa shape index (κ3) is 4.94. The van der Waals surface area contributed by atoms with Crippen LogP contribution in [0.3, 0.4) is 0 Å². The Hall–Kier alpha value is -3.33. The topological polar surface area (TPSA) is 64.8 Å². The van der Waals surface area contributed by atoms with Crippen LogP contribution < -0.4 is 14.9 Å². The van der Waals surface area contributed by atoms with Crippen LogP contribution in [-0.2, 0) is 6.54 Å². The summed E-state index contributed by atoms with van der Waals surface area (Å²) in [5, 5.41) is 5.26. The zero-order valence-corrected chi connectivity index (χ0v) is 19.9. The molecule has 3 aromatic carbocycles. The first-order chi connectivity index (χ1) is 15.6. The highest BCUT2D eigenvalue weighted by Crippen LogP contribution is 2.23. The van der Waals surface area contributed by atoms with Crippen LogP contribution in [0.15, 0.2) is 78.0 Å². The van der Waals surface area contributed by atoms with E-state index in [2.05, 4.69) is 74.1 Å². The van der Waals surface area contributed by atoms with E-state index in [9.17, 15) is 4.79 Å². The molecule has 0 atom stereocenters. The molecule has 0 saturated carbocycles. The maximum atomic E-state index is 12.6. The fourth-order valence-corrected chi connectivity index (χ4v) is 3.82. The number of carbonyl (C=O) groups is 1. The van der Waals surface area contributed by atoms with E-state index in [1.807, 2.05) is 18.3 Å². The van der Waals surface area contributed by atoms with Gasteiger partial charge in [-0.3, -0.25) is 4.79 Å². The van der Waals surface area contributed by atoms with Gasteiger partial charge in [0.2, 0.25) is 0 Å². The second kappa shape index (κ2) is 9.86. The van der Waals surface area contributed by atoms with Gasteiger partial charge in [-0.1, -0.05) is 30.3 Å². The molecular weight excluding hydrogens is 517 g/mol. The predicted octanol–water partition coefficient (Wildman–Crippen LogP) is 5.08. The van der Waals surface area contributed by atoms with E-state index < -0.39 is 0 Å². The Morgan fingerprint density at radius 3 is 2.41 bits per heavy atom. The lowest BCUT2D eigenvalue weighted by atomic mass is 10.2. The third-order valence-electron chi connectivity index (χ3n) is 5.07. The van der Waals surface area contributed by atoms with Gasteiger partial charge in [-0.2, -0.15) is 5.10 Å². The minimum absolute atomic E-state index is 0.346. The minimum Gasteiger partial charge on any atom is -0.497 e. The molecule has 4 rings (SSSR count). The van der Waals surface area contributed by atoms with Crippen LogP contribution in [0.5, 0.6) is 11.5 Å². The number of hydrazone groups is 1. The summed E-state index contributed by atoms with van der Waals surface area (Å²) in [7, 11) is 3.08. The van der Waals surface area contributed by atoms with Gasteiger partial charge >= 0.3 is 0 Å². The van der Waals surface area contributed by atoms with Crippen molar-refractivity contribution < 1.29 is 14.3 Å². The van der Waals surface area contributed by atoms with Crippen LogP contribution in [0.4, 0.5) is 0 Å². The Balaban J connectivity index is 1.55. The maximum absolute atomic E-state index is 12.6. The first-order valence-electron chi connectivity index (χ1n) is 9.96. The Kier molecular flexibility index (Phi) is 6.75. The second-order valence-corrected chi connectivity index (χ2v) is 8.40. The lowest BCUT2D eigenvalue weighted by Crippen LogP contribution is -2.17. The summed E-state index contributed by atoms with van der Waals surface area (Å²) in [5.41, 5.74) is 6.24. The van der Waals surface area contributed by atoms with E-state index in [1.165, 1.54) is 9.13 Å². The van der Waals surface area contributed by atoms with E-state index in [1.54, 1.807) is 38.6 Å². The summed E-state index contributed by atoms with van der Waals surface area (Å²) < 4.78 is 13.8. The molecular formula is C25H22IN3O3. The van der Waals surface area contributed by atoms with Crippen molar-refractivity contribution in [1.82, 2.24) is 9.99 Å². The number of amides is 1. The quantitative estimate of drug-likeness (QED) is 0.203. The van der Waals surface area contributed by atoms with Crippen LogP contribution >= 0.6 is 22.6 Å². The average Bonchev–Trinajstić information content (AvgIpc) is 3.17. The number of nitrogens with zero attached hydrogens (tertiary/aromatic N) is 2. The van der Waals surface area contributed by atoms with Crippen molar-refractivity contribution in [3.05, 3.63) is 93.2 Å². The molecule has 1 heterocycles. The number of nitrogens with one attached hydrogen (secondary N) is 1. The fourth-order valence-electron chi connectivity index (χ4n) is 3.46. The smallest absolute Gasteiger partial charge is 0.271 e. The third-order valence-corrected chi connectivity index (χ3v) is 5.79. The van der Waals surface area contributed by atoms with Gasteiger partial charge in [0.1, 0.15) is 11.5 Å². The molecule has 0 spiro atoms. The Morgan fingerprint density at radius 1 is 1.03 bits per heavy atom. The van der Waals surface area contributed by atoms with Crippen molar-refractivity contribution in [1.29, 1.82) is 0 Å². The van der Waals surface area contributed by atoms with Crippen molar-refractivity contribution in [2.75, 3.05) is 14.2 Å². The number of benzene rings is 3. The summed E-state index contributed by atoms with van der Waals surface area (Å²) >= 11 is 2.31. The fraction of sp³-hybridized carbons (Fsp3) is 0.120. The number of hydrogen-bond donors (Lipinski definition) is 1. The lowest BCUT2D eigenvalue weighted by molar-refractivity contribution is 0.0954. The van der Waals surface area contributed by atoms with Gasteiger partial charge in [-0.25, -0.2) is 5.43 Å². The number of fused-ring (bicyclic) bond motifs is 1. The largest absolute Gasteiger partial charge is 0.497 e. The molecule has 0 aliphatic carbocycles. The highest BCUT2D eigenvalue weighted by Gasteiger charge is 2.10. The lowest BCUT2D eigenvalue weighted by Gasteiger charge is -2.07. The van der Waals surface area contributed by atoms with Crippen LogP contribution in [-0.4, -0.2) is 30.9 Å². The summed E-state index contributed by atoms with van der Waals surface area (Å²) in [4.78, 5) is 12.6. The number of methoxy groups -OCH3 is 2. The molecule has 0 aliphatic rings. The monoisotopic (exact) mass is 539 g/mol. The van der Waals surface area contributed by atoms with E-state index >= 15 is 0 Å². The molecule has 0 fully saturated rings. The molecule has 4 aromatic rings. The minimum atomic E-state index is -0.346. The molecule has 1 N–H and O–H groups in total. The molecule has 0 saturated heterocycles. The molecule has 7 heteroatoms. The highest BCUT2D eigenvalue weighted by atomic mass is 127. The maximum Gasteiger partial charge on any atom is 0.271 e. The number of para-hydroxylation sites is 1. The van der Waals surface area contributed by atoms with Crippen LogP contribution in [0.25, 0.3) is 10.9 Å². The van der Waals surface area contributed by atoms with Gasteiger partial charge in [0.25, 0.3) is 5.91 Å². The summed E-state index contributed by atoms with van der Waals surface area (Å²) in [6.07, 6.45) is 3.72. The molecule has 0 aliphatic heterocycles. The zero-order chi connectivity index (χ0) is 22.5. The number of aromatic nitrogens is 1. The molecule has 0 radical (unpaired) electrons. The van der Waals surface area contributed by atoms with Crippen molar-refractivity contribution in [2.24, 2.45) is 5.10 Å². The van der Waals surface area contributed by atoms with Crippen molar-refractivity contribution in [2.45, 2.75) is 6.54 Å². The molecule has 1 amide bonds. The average molecular weight is 539 g/mol. The van der Waals surface area contributed by atoms with Gasteiger partial charge in [-0.15, -0.1) is 0 Å². The zero-order valence-electron chi connectivity index (χ0n) is 17.7. The van der Waals surface area contributed by atoms with Gasteiger partial charge in [0.15, 0.2) is 0 Å². The van der Waals surface area contributed by atoms with Crippen molar-refractivity contribution in [3.8, 4) is 11.5 Å². The van der Waals surface area contributed by atoms with E-state index in [0.717, 1.165) is 23.0 Å². The first kappa shape index (κ1) is 21.9. The normalized spacial score (nSPS) is 11.1. The van der Waals surface area contributed by atoms with Gasteiger partial charge in [0, 0.05) is 44.4 Å². The predicted molar refractivity (Wildman–Crippen MR) is 135 cm³/mol. The Labute approximate surface area is 200 Å². The number of rotatable bonds is 7. The van der Waals surface area contributed by atoms with Gasteiger partial charge < -0.3 is 14.0 Å². The SMILES string of the molecule is COc1cc(OC)cc(C(=O)N/N=C\c2cn(Cc3ccc(I)cc3)c3ccccc23)c1. The first-order valence-corrected chi connectivity index (χ1v) is 11.0. The summed E-state index contributed by atoms with van der Waals surface area (Å²) in [5.74, 6) is 0.732. The van der Waals surface area contributed by atoms with Crippen LogP contribution in [0.1, 0.15) is 21.5 Å². The highest BCUT2D eigenvalue weighted by molar-refractivity contribution is 14.1. The van der Waals surface area contributed by atoms with Crippen LogP contribution in [0.2, 0.25) is 0 Å². The van der Waals surface area contributed by atoms with Crippen molar-refractivity contribution >= 4 is 45.6 Å². The molecule has 0 unspecified atom stereocenters. The summed E-state index contributed by atoms with van der Waals surface area (Å²) in [6, 6.07) is 21.6. The number of ether oxygens (including phenoxy) is 2. The Morgan fingerprint density at radius 2 is 1.72 bits per heavy atom. The molecule has 1 aromatic heterocycles. The van der Waals surface area contributed by atoms with Crippen LogP contribution in [0, 0.1) is 3.57 Å². The number of carbonyl (C=O) groups excluding carboxylic acids is 1. The molecule has 162 valence electrons. The van der Waals surface area contributed by atoms with E-state index in [4.69, 9.17) is 9.47 Å². The number of hydrogen-bond acceptors (Lipinski definition) is 4. The van der Waals surface area contributed by atoms with Gasteiger partial charge in [0.05, 0.1) is 20.4 Å². The van der Waals surface area contributed by atoms with Crippen molar-refractivity contribution in [3.63, 3.8) is 0 Å². The summed E-state index contributed by atoms with van der Waals surface area (Å²) in [6.45, 7) is 0.751. The molecule has 6 nitrogen and oxygen atoms in total. The number of halogens is 1. The molecule has 32 heavy (non-hydrogen) atoms. The standard InChI is InChI=1S/C25H22IN3O3/c1-31-21-11-18(12-22(13-21)32-2)25(30)28-27-14-19-16-29(24-6-4-3-5-23(19)24)15-17-7-9-20(26)10-8-17/h3-14,16H,15H2,1-2H3,(H,28,30)/b27-14-. The van der Waals surface area contributed by atoms with Gasteiger partial charge in [-0.05, 0) is 58.5 Å². The Bertz CT molecular complexity index is 1260. The second-order valence-electron chi connectivity index (χ2n) is 7.16.